The van der Waals surface area contributed by atoms with E-state index in [2.05, 4.69) is 37.4 Å². The van der Waals surface area contributed by atoms with E-state index < -0.39 is 0 Å². The van der Waals surface area contributed by atoms with E-state index in [1.54, 1.807) is 6.20 Å². The van der Waals surface area contributed by atoms with Crippen molar-refractivity contribution < 1.29 is 0 Å². The predicted molar refractivity (Wildman–Crippen MR) is 91.6 cm³/mol. The Kier molecular flexibility index (Phi) is 3.24. The Balaban J connectivity index is 2.10. The van der Waals surface area contributed by atoms with Gasteiger partial charge in [0.25, 0.3) is 0 Å². The van der Waals surface area contributed by atoms with Crippen LogP contribution in [0.15, 0.2) is 77.5 Å². The minimum Gasteiger partial charge on any atom is -0.298 e. The summed E-state index contributed by atoms with van der Waals surface area (Å²) >= 11 is 3.59. The van der Waals surface area contributed by atoms with Crippen LogP contribution in [0.25, 0.3) is 28.3 Å². The fourth-order valence-electron chi connectivity index (χ4n) is 2.59. The van der Waals surface area contributed by atoms with Gasteiger partial charge in [-0.15, -0.1) is 0 Å². The number of fused-ring (bicyclic) bond motifs is 1. The SMILES string of the molecule is Brc1cccn2c(-c3ccccc3)c(-c3ccccn3)nc12. The van der Waals surface area contributed by atoms with Gasteiger partial charge in [0.1, 0.15) is 5.69 Å². The molecule has 0 unspecified atom stereocenters. The van der Waals surface area contributed by atoms with E-state index in [-0.39, 0.29) is 0 Å². The molecule has 0 aliphatic heterocycles. The van der Waals surface area contributed by atoms with Gasteiger partial charge in [-0.05, 0) is 40.2 Å². The summed E-state index contributed by atoms with van der Waals surface area (Å²) < 4.78 is 3.07. The molecule has 0 atom stereocenters. The van der Waals surface area contributed by atoms with Crippen molar-refractivity contribution in [1.29, 1.82) is 0 Å². The van der Waals surface area contributed by atoms with Gasteiger partial charge in [0.15, 0.2) is 5.65 Å². The molecule has 0 saturated carbocycles. The smallest absolute Gasteiger partial charge is 0.152 e. The zero-order chi connectivity index (χ0) is 14.9. The van der Waals surface area contributed by atoms with Crippen molar-refractivity contribution in [2.45, 2.75) is 0 Å². The lowest BCUT2D eigenvalue weighted by Crippen LogP contribution is -1.90. The lowest BCUT2D eigenvalue weighted by atomic mass is 10.1. The van der Waals surface area contributed by atoms with Crippen LogP contribution in [-0.2, 0) is 0 Å². The third-order valence-electron chi connectivity index (χ3n) is 3.56. The lowest BCUT2D eigenvalue weighted by molar-refractivity contribution is 1.18. The Morgan fingerprint density at radius 2 is 1.68 bits per heavy atom. The Morgan fingerprint density at radius 1 is 0.864 bits per heavy atom. The summed E-state index contributed by atoms with van der Waals surface area (Å²) in [5.41, 5.74) is 4.82. The van der Waals surface area contributed by atoms with Crippen LogP contribution in [0, 0.1) is 0 Å². The first-order valence-electron chi connectivity index (χ1n) is 6.98. The molecule has 1 aromatic carbocycles. The van der Waals surface area contributed by atoms with Gasteiger partial charge in [-0.25, -0.2) is 4.98 Å². The number of imidazole rings is 1. The molecular weight excluding hydrogens is 338 g/mol. The first-order chi connectivity index (χ1) is 10.8. The van der Waals surface area contributed by atoms with E-state index in [0.717, 1.165) is 32.8 Å². The van der Waals surface area contributed by atoms with Crippen molar-refractivity contribution in [3.05, 3.63) is 77.5 Å². The van der Waals surface area contributed by atoms with E-state index in [0.29, 0.717) is 0 Å². The minimum absolute atomic E-state index is 0.872. The van der Waals surface area contributed by atoms with E-state index in [4.69, 9.17) is 4.98 Å². The number of benzene rings is 1. The van der Waals surface area contributed by atoms with Gasteiger partial charge in [0, 0.05) is 18.0 Å². The summed E-state index contributed by atoms with van der Waals surface area (Å²) in [5.74, 6) is 0. The molecular formula is C18H12BrN3. The molecule has 0 bridgehead atoms. The van der Waals surface area contributed by atoms with Crippen LogP contribution < -0.4 is 0 Å². The van der Waals surface area contributed by atoms with Crippen LogP contribution in [0.1, 0.15) is 0 Å². The van der Waals surface area contributed by atoms with Crippen LogP contribution in [0.3, 0.4) is 0 Å². The highest BCUT2D eigenvalue weighted by atomic mass is 79.9. The molecule has 3 heterocycles. The molecule has 0 saturated heterocycles. The highest BCUT2D eigenvalue weighted by Gasteiger charge is 2.17. The number of aromatic nitrogens is 3. The maximum atomic E-state index is 4.81. The minimum atomic E-state index is 0.872. The number of nitrogens with zero attached hydrogens (tertiary/aromatic N) is 3. The second-order valence-electron chi connectivity index (χ2n) is 4.94. The molecule has 0 aliphatic carbocycles. The van der Waals surface area contributed by atoms with Crippen molar-refractivity contribution in [2.24, 2.45) is 0 Å². The van der Waals surface area contributed by atoms with Gasteiger partial charge in [0.2, 0.25) is 0 Å². The average molecular weight is 350 g/mol. The Hall–Kier alpha value is -2.46. The van der Waals surface area contributed by atoms with Crippen LogP contribution in [0.2, 0.25) is 0 Å². The molecule has 0 amide bonds. The van der Waals surface area contributed by atoms with E-state index in [9.17, 15) is 0 Å². The Morgan fingerprint density at radius 3 is 2.45 bits per heavy atom. The predicted octanol–water partition coefficient (Wildman–Crippen LogP) is 4.83. The molecule has 4 heteroatoms. The molecule has 22 heavy (non-hydrogen) atoms. The highest BCUT2D eigenvalue weighted by molar-refractivity contribution is 9.10. The molecule has 4 rings (SSSR count). The fourth-order valence-corrected chi connectivity index (χ4v) is 3.02. The van der Waals surface area contributed by atoms with Crippen molar-refractivity contribution in [3.63, 3.8) is 0 Å². The molecule has 0 aliphatic rings. The second kappa shape index (κ2) is 5.39. The van der Waals surface area contributed by atoms with Crippen LogP contribution in [-0.4, -0.2) is 14.4 Å². The molecule has 3 nitrogen and oxygen atoms in total. The van der Waals surface area contributed by atoms with Gasteiger partial charge in [0.05, 0.1) is 15.9 Å². The molecule has 3 aromatic heterocycles. The normalized spacial score (nSPS) is 11.0. The van der Waals surface area contributed by atoms with Crippen LogP contribution in [0.5, 0.6) is 0 Å². The topological polar surface area (TPSA) is 30.2 Å². The van der Waals surface area contributed by atoms with Crippen molar-refractivity contribution >= 4 is 21.6 Å². The number of halogens is 1. The van der Waals surface area contributed by atoms with E-state index in [1.165, 1.54) is 0 Å². The molecule has 106 valence electrons. The zero-order valence-corrected chi connectivity index (χ0v) is 13.2. The fraction of sp³-hybridized carbons (Fsp3) is 0. The van der Waals surface area contributed by atoms with Gasteiger partial charge in [-0.1, -0.05) is 36.4 Å². The zero-order valence-electron chi connectivity index (χ0n) is 11.6. The molecule has 0 spiro atoms. The number of hydrogen-bond donors (Lipinski definition) is 0. The summed E-state index contributed by atoms with van der Waals surface area (Å²) in [6.45, 7) is 0. The molecule has 0 N–H and O–H groups in total. The highest BCUT2D eigenvalue weighted by Crippen LogP contribution is 2.33. The number of rotatable bonds is 2. The maximum Gasteiger partial charge on any atom is 0.152 e. The molecule has 4 aromatic rings. The standard InChI is InChI=1S/C18H12BrN3/c19-14-9-6-12-22-17(13-7-2-1-3-8-13)16(21-18(14)22)15-10-4-5-11-20-15/h1-12H. The number of pyridine rings is 2. The van der Waals surface area contributed by atoms with Gasteiger partial charge in [-0.3, -0.25) is 9.38 Å². The first-order valence-corrected chi connectivity index (χ1v) is 7.77. The lowest BCUT2D eigenvalue weighted by Gasteiger charge is -2.05. The molecule has 0 radical (unpaired) electrons. The summed E-state index contributed by atoms with van der Waals surface area (Å²) in [6, 6.07) is 20.2. The summed E-state index contributed by atoms with van der Waals surface area (Å²) in [4.78, 5) is 9.28. The Bertz CT molecular complexity index is 931. The Labute approximate surface area is 136 Å². The quantitative estimate of drug-likeness (QED) is 0.519. The van der Waals surface area contributed by atoms with Crippen molar-refractivity contribution in [2.75, 3.05) is 0 Å². The summed E-state index contributed by atoms with van der Waals surface area (Å²) in [6.07, 6.45) is 3.82. The molecule has 0 fully saturated rings. The van der Waals surface area contributed by atoms with Gasteiger partial charge >= 0.3 is 0 Å². The van der Waals surface area contributed by atoms with Crippen molar-refractivity contribution in [1.82, 2.24) is 14.4 Å². The third-order valence-corrected chi connectivity index (χ3v) is 4.18. The van der Waals surface area contributed by atoms with Gasteiger partial charge < -0.3 is 0 Å². The van der Waals surface area contributed by atoms with E-state index >= 15 is 0 Å². The largest absolute Gasteiger partial charge is 0.298 e. The maximum absolute atomic E-state index is 4.81. The summed E-state index contributed by atoms with van der Waals surface area (Å²) in [7, 11) is 0. The average Bonchev–Trinajstić information content (AvgIpc) is 2.97. The second-order valence-corrected chi connectivity index (χ2v) is 5.79. The monoisotopic (exact) mass is 349 g/mol. The first kappa shape index (κ1) is 13.2. The number of hydrogen-bond acceptors (Lipinski definition) is 2. The van der Waals surface area contributed by atoms with Crippen molar-refractivity contribution in [3.8, 4) is 22.6 Å². The summed E-state index contributed by atoms with van der Waals surface area (Å²) in [5, 5.41) is 0. The third kappa shape index (κ3) is 2.12. The van der Waals surface area contributed by atoms with Crippen LogP contribution in [0.4, 0.5) is 0 Å². The van der Waals surface area contributed by atoms with Crippen LogP contribution >= 0.6 is 15.9 Å². The van der Waals surface area contributed by atoms with E-state index in [1.807, 2.05) is 54.7 Å². The van der Waals surface area contributed by atoms with Gasteiger partial charge in [-0.2, -0.15) is 0 Å².